The summed E-state index contributed by atoms with van der Waals surface area (Å²) >= 11 is 0. The van der Waals surface area contributed by atoms with Gasteiger partial charge in [0.25, 0.3) is 5.91 Å². The number of unbranched alkanes of at least 4 members (excludes halogenated alkanes) is 1. The first-order valence-corrected chi connectivity index (χ1v) is 9.98. The lowest BCUT2D eigenvalue weighted by Gasteiger charge is -2.22. The predicted octanol–water partition coefficient (Wildman–Crippen LogP) is 2.58. The number of benzene rings is 1. The fraction of sp³-hybridized carbons (Fsp3) is 0.524. The summed E-state index contributed by atoms with van der Waals surface area (Å²) in [4.78, 5) is 12.2. The van der Waals surface area contributed by atoms with E-state index in [9.17, 15) is 4.79 Å². The summed E-state index contributed by atoms with van der Waals surface area (Å²) in [7, 11) is 0. The zero-order valence-corrected chi connectivity index (χ0v) is 15.9. The molecule has 0 bridgehead atoms. The van der Waals surface area contributed by atoms with Gasteiger partial charge in [0.2, 0.25) is 0 Å². The van der Waals surface area contributed by atoms with E-state index < -0.39 is 0 Å². The van der Waals surface area contributed by atoms with Gasteiger partial charge in [0.1, 0.15) is 5.69 Å². The van der Waals surface area contributed by atoms with Gasteiger partial charge < -0.3 is 15.4 Å². The first-order chi connectivity index (χ1) is 13.3. The van der Waals surface area contributed by atoms with Gasteiger partial charge in [0.15, 0.2) is 0 Å². The Morgan fingerprint density at radius 1 is 1.22 bits per heavy atom. The predicted molar refractivity (Wildman–Crippen MR) is 106 cm³/mol. The highest BCUT2D eigenvalue weighted by Crippen LogP contribution is 2.15. The van der Waals surface area contributed by atoms with E-state index >= 15 is 0 Å². The second-order valence-electron chi connectivity index (χ2n) is 6.99. The Morgan fingerprint density at radius 2 is 2.11 bits per heavy atom. The molecule has 1 aliphatic heterocycles. The van der Waals surface area contributed by atoms with E-state index in [0.29, 0.717) is 18.3 Å². The molecule has 3 rings (SSSR count). The van der Waals surface area contributed by atoms with Crippen LogP contribution in [-0.4, -0.2) is 48.5 Å². The van der Waals surface area contributed by atoms with Gasteiger partial charge in [-0.2, -0.15) is 5.10 Å². The number of carbonyl (C=O) groups is 1. The van der Waals surface area contributed by atoms with Crippen LogP contribution >= 0.6 is 0 Å². The van der Waals surface area contributed by atoms with Crippen LogP contribution in [0.25, 0.3) is 0 Å². The van der Waals surface area contributed by atoms with Gasteiger partial charge in [-0.15, -0.1) is 0 Å². The van der Waals surface area contributed by atoms with Crippen molar-refractivity contribution in [3.8, 4) is 0 Å². The van der Waals surface area contributed by atoms with Gasteiger partial charge in [0, 0.05) is 25.9 Å². The summed E-state index contributed by atoms with van der Waals surface area (Å²) in [5, 5.41) is 10.8. The lowest BCUT2D eigenvalue weighted by molar-refractivity contribution is 0.0942. The molecule has 2 N–H and O–H groups in total. The summed E-state index contributed by atoms with van der Waals surface area (Å²) in [6.07, 6.45) is 6.96. The van der Waals surface area contributed by atoms with Crippen molar-refractivity contribution in [1.82, 2.24) is 20.4 Å². The highest BCUT2D eigenvalue weighted by molar-refractivity contribution is 5.92. The SMILES string of the molecule is O=C(NCCCCOCCc1ccccc1)c1ccn(C2CCCNC2)n1. The Balaban J connectivity index is 1.25. The van der Waals surface area contributed by atoms with E-state index in [1.54, 1.807) is 6.07 Å². The molecular formula is C21H30N4O2. The highest BCUT2D eigenvalue weighted by Gasteiger charge is 2.17. The van der Waals surface area contributed by atoms with Gasteiger partial charge in [-0.3, -0.25) is 9.48 Å². The average Bonchev–Trinajstić information content (AvgIpc) is 3.22. The number of hydrogen-bond donors (Lipinski definition) is 2. The Hall–Kier alpha value is -2.18. The monoisotopic (exact) mass is 370 g/mol. The first kappa shape index (κ1) is 19.6. The molecule has 0 saturated carbocycles. The van der Waals surface area contributed by atoms with Crippen LogP contribution < -0.4 is 10.6 Å². The molecule has 1 saturated heterocycles. The van der Waals surface area contributed by atoms with Crippen LogP contribution in [0.2, 0.25) is 0 Å². The second-order valence-corrected chi connectivity index (χ2v) is 6.99. The van der Waals surface area contributed by atoms with E-state index in [1.807, 2.05) is 29.1 Å². The van der Waals surface area contributed by atoms with Crippen molar-refractivity contribution in [1.29, 1.82) is 0 Å². The van der Waals surface area contributed by atoms with E-state index in [4.69, 9.17) is 4.74 Å². The molecule has 0 spiro atoms. The fourth-order valence-electron chi connectivity index (χ4n) is 3.28. The molecule has 0 radical (unpaired) electrons. The molecule has 1 fully saturated rings. The molecule has 1 atom stereocenters. The Bertz CT molecular complexity index is 680. The second kappa shape index (κ2) is 10.8. The number of nitrogens with one attached hydrogen (secondary N) is 2. The highest BCUT2D eigenvalue weighted by atomic mass is 16.5. The van der Waals surface area contributed by atoms with Crippen molar-refractivity contribution in [3.63, 3.8) is 0 Å². The maximum atomic E-state index is 12.2. The maximum Gasteiger partial charge on any atom is 0.271 e. The van der Waals surface area contributed by atoms with Crippen LogP contribution in [0.3, 0.4) is 0 Å². The molecule has 1 aromatic carbocycles. The normalized spacial score (nSPS) is 17.0. The summed E-state index contributed by atoms with van der Waals surface area (Å²) < 4.78 is 7.58. The molecule has 2 heterocycles. The summed E-state index contributed by atoms with van der Waals surface area (Å²) in [5.74, 6) is -0.0949. The molecule has 0 aliphatic carbocycles. The van der Waals surface area contributed by atoms with Crippen molar-refractivity contribution in [2.45, 2.75) is 38.1 Å². The van der Waals surface area contributed by atoms with Crippen LogP contribution in [0, 0.1) is 0 Å². The Morgan fingerprint density at radius 3 is 2.93 bits per heavy atom. The minimum Gasteiger partial charge on any atom is -0.381 e. The smallest absolute Gasteiger partial charge is 0.271 e. The lowest BCUT2D eigenvalue weighted by atomic mass is 10.1. The number of ether oxygens (including phenoxy) is 1. The number of amides is 1. The standard InChI is InChI=1S/C21H30N4O2/c26-21(20-10-14-25(24-20)19-9-6-12-22-17-19)23-13-4-5-15-27-16-11-18-7-2-1-3-8-18/h1-3,7-8,10,14,19,22H,4-6,9,11-13,15-17H2,(H,23,26). The van der Waals surface area contributed by atoms with Crippen LogP contribution in [0.15, 0.2) is 42.6 Å². The van der Waals surface area contributed by atoms with Gasteiger partial charge in [-0.1, -0.05) is 30.3 Å². The average molecular weight is 370 g/mol. The zero-order valence-electron chi connectivity index (χ0n) is 15.9. The first-order valence-electron chi connectivity index (χ1n) is 9.98. The molecule has 1 amide bonds. The number of rotatable bonds is 10. The number of aromatic nitrogens is 2. The largest absolute Gasteiger partial charge is 0.381 e. The minimum atomic E-state index is -0.0949. The third-order valence-corrected chi connectivity index (χ3v) is 4.86. The van der Waals surface area contributed by atoms with Gasteiger partial charge in [-0.05, 0) is 50.3 Å². The van der Waals surface area contributed by atoms with E-state index in [1.165, 1.54) is 5.56 Å². The van der Waals surface area contributed by atoms with Gasteiger partial charge in [0.05, 0.1) is 12.6 Å². The molecule has 1 aliphatic rings. The number of piperidine rings is 1. The molecular weight excluding hydrogens is 340 g/mol. The minimum absolute atomic E-state index is 0.0949. The third-order valence-electron chi connectivity index (χ3n) is 4.86. The van der Waals surface area contributed by atoms with Crippen molar-refractivity contribution >= 4 is 5.91 Å². The van der Waals surface area contributed by atoms with Crippen molar-refractivity contribution in [2.24, 2.45) is 0 Å². The quantitative estimate of drug-likeness (QED) is 0.631. The Labute approximate surface area is 161 Å². The molecule has 27 heavy (non-hydrogen) atoms. The maximum absolute atomic E-state index is 12.2. The number of nitrogens with zero attached hydrogens (tertiary/aromatic N) is 2. The van der Waals surface area contributed by atoms with E-state index in [0.717, 1.165) is 58.4 Å². The fourth-order valence-corrected chi connectivity index (χ4v) is 3.28. The summed E-state index contributed by atoms with van der Waals surface area (Å²) in [5.41, 5.74) is 1.80. The molecule has 6 nitrogen and oxygen atoms in total. The molecule has 2 aromatic rings. The number of carbonyl (C=O) groups excluding carboxylic acids is 1. The van der Waals surface area contributed by atoms with Gasteiger partial charge in [-0.25, -0.2) is 0 Å². The Kier molecular flexibility index (Phi) is 7.86. The topological polar surface area (TPSA) is 68.2 Å². The van der Waals surface area contributed by atoms with E-state index in [2.05, 4.69) is 27.9 Å². The van der Waals surface area contributed by atoms with Crippen LogP contribution in [0.4, 0.5) is 0 Å². The molecule has 146 valence electrons. The molecule has 1 unspecified atom stereocenters. The van der Waals surface area contributed by atoms with Crippen molar-refractivity contribution in [3.05, 3.63) is 53.9 Å². The molecule has 1 aromatic heterocycles. The van der Waals surface area contributed by atoms with Crippen LogP contribution in [0.5, 0.6) is 0 Å². The van der Waals surface area contributed by atoms with Crippen LogP contribution in [0.1, 0.15) is 47.8 Å². The third kappa shape index (κ3) is 6.48. The lowest BCUT2D eigenvalue weighted by Crippen LogP contribution is -2.32. The van der Waals surface area contributed by atoms with Crippen molar-refractivity contribution < 1.29 is 9.53 Å². The van der Waals surface area contributed by atoms with Gasteiger partial charge >= 0.3 is 0 Å². The number of hydrogen-bond acceptors (Lipinski definition) is 4. The summed E-state index contributed by atoms with van der Waals surface area (Å²) in [6, 6.07) is 12.5. The van der Waals surface area contributed by atoms with E-state index in [-0.39, 0.29) is 5.91 Å². The summed E-state index contributed by atoms with van der Waals surface area (Å²) in [6.45, 7) is 4.11. The molecule has 6 heteroatoms. The zero-order chi connectivity index (χ0) is 18.7. The van der Waals surface area contributed by atoms with Crippen molar-refractivity contribution in [2.75, 3.05) is 32.8 Å². The van der Waals surface area contributed by atoms with Crippen LogP contribution in [-0.2, 0) is 11.2 Å².